The molecule has 0 spiro atoms. The van der Waals surface area contributed by atoms with E-state index in [9.17, 15) is 4.79 Å². The van der Waals surface area contributed by atoms with Crippen LogP contribution in [0.25, 0.3) is 22.0 Å². The molecule has 0 bridgehead atoms. The number of nitrogens with one attached hydrogen (secondary N) is 2. The fraction of sp³-hybridized carbons (Fsp3) is 0.263. The zero-order chi connectivity index (χ0) is 16.8. The van der Waals surface area contributed by atoms with Crippen LogP contribution in [-0.2, 0) is 6.54 Å². The third-order valence-electron chi connectivity index (χ3n) is 4.91. The molecule has 2 N–H and O–H groups in total. The van der Waals surface area contributed by atoms with Crippen molar-refractivity contribution in [2.45, 2.75) is 6.54 Å². The molecule has 6 nitrogen and oxygen atoms in total. The summed E-state index contributed by atoms with van der Waals surface area (Å²) >= 11 is 0. The van der Waals surface area contributed by atoms with Crippen molar-refractivity contribution in [3.63, 3.8) is 0 Å². The molecular formula is C19H18N4O2. The summed E-state index contributed by atoms with van der Waals surface area (Å²) in [6.45, 7) is 5.07. The Bertz CT molecular complexity index is 1020. The van der Waals surface area contributed by atoms with Crippen molar-refractivity contribution >= 4 is 10.8 Å². The Kier molecular flexibility index (Phi) is 3.33. The normalized spacial score (nSPS) is 16.5. The Morgan fingerprint density at radius 2 is 2.00 bits per heavy atom. The maximum Gasteiger partial charge on any atom is 0.272 e. The predicted octanol–water partition coefficient (Wildman–Crippen LogP) is 2.10. The summed E-state index contributed by atoms with van der Waals surface area (Å²) in [4.78, 5) is 14.5. The van der Waals surface area contributed by atoms with E-state index in [-0.39, 0.29) is 5.56 Å². The van der Waals surface area contributed by atoms with Gasteiger partial charge in [-0.05, 0) is 29.8 Å². The largest absolute Gasteiger partial charge is 0.456 e. The monoisotopic (exact) mass is 334 g/mol. The highest BCUT2D eigenvalue weighted by Crippen LogP contribution is 2.44. The first kappa shape index (κ1) is 14.6. The van der Waals surface area contributed by atoms with Gasteiger partial charge in [0.25, 0.3) is 5.56 Å². The Hall–Kier alpha value is -2.70. The number of aromatic amines is 1. The molecule has 0 amide bonds. The average molecular weight is 334 g/mol. The molecule has 0 unspecified atom stereocenters. The number of fused-ring (bicyclic) bond motifs is 2. The molecule has 25 heavy (non-hydrogen) atoms. The summed E-state index contributed by atoms with van der Waals surface area (Å²) in [6.07, 6.45) is 0. The molecule has 3 aromatic rings. The molecule has 2 aromatic carbocycles. The van der Waals surface area contributed by atoms with Crippen LogP contribution in [0.2, 0.25) is 0 Å². The molecule has 0 atom stereocenters. The first-order valence-electron chi connectivity index (χ1n) is 8.55. The molecule has 0 radical (unpaired) electrons. The molecule has 0 saturated carbocycles. The van der Waals surface area contributed by atoms with Crippen LogP contribution >= 0.6 is 0 Å². The Morgan fingerprint density at radius 1 is 1.12 bits per heavy atom. The molecule has 2 aliphatic heterocycles. The van der Waals surface area contributed by atoms with E-state index in [1.54, 1.807) is 0 Å². The minimum atomic E-state index is -0.190. The lowest BCUT2D eigenvalue weighted by atomic mass is 9.99. The second-order valence-corrected chi connectivity index (χ2v) is 6.54. The highest BCUT2D eigenvalue weighted by Gasteiger charge is 2.23. The number of piperazine rings is 1. The summed E-state index contributed by atoms with van der Waals surface area (Å²) < 4.78 is 6.03. The minimum Gasteiger partial charge on any atom is -0.456 e. The Balaban J connectivity index is 1.61. The topological polar surface area (TPSA) is 70.2 Å². The van der Waals surface area contributed by atoms with E-state index in [0.717, 1.165) is 55.1 Å². The van der Waals surface area contributed by atoms with E-state index in [1.807, 2.05) is 24.3 Å². The molecule has 2 aliphatic rings. The maximum atomic E-state index is 12.1. The molecule has 126 valence electrons. The lowest BCUT2D eigenvalue weighted by molar-refractivity contribution is 0.233. The van der Waals surface area contributed by atoms with Gasteiger partial charge in [0.15, 0.2) is 0 Å². The van der Waals surface area contributed by atoms with E-state index in [1.165, 1.54) is 5.56 Å². The molecule has 1 saturated heterocycles. The highest BCUT2D eigenvalue weighted by molar-refractivity contribution is 6.01. The van der Waals surface area contributed by atoms with Gasteiger partial charge < -0.3 is 10.1 Å². The number of benzene rings is 2. The number of ether oxygens (including phenoxy) is 1. The van der Waals surface area contributed by atoms with Crippen LogP contribution in [-0.4, -0.2) is 41.3 Å². The van der Waals surface area contributed by atoms with Crippen molar-refractivity contribution < 1.29 is 4.74 Å². The van der Waals surface area contributed by atoms with Gasteiger partial charge in [-0.1, -0.05) is 12.1 Å². The quantitative estimate of drug-likeness (QED) is 0.587. The van der Waals surface area contributed by atoms with Crippen molar-refractivity contribution in [3.8, 4) is 22.8 Å². The first-order valence-corrected chi connectivity index (χ1v) is 8.55. The summed E-state index contributed by atoms with van der Waals surface area (Å²) in [6, 6.07) is 11.8. The molecule has 5 rings (SSSR count). The van der Waals surface area contributed by atoms with E-state index in [0.29, 0.717) is 11.1 Å². The Labute approximate surface area is 144 Å². The lowest BCUT2D eigenvalue weighted by Crippen LogP contribution is -2.42. The number of rotatable bonds is 2. The zero-order valence-corrected chi connectivity index (χ0v) is 13.7. The number of nitrogens with zero attached hydrogens (tertiary/aromatic N) is 2. The number of hydrogen-bond acceptors (Lipinski definition) is 5. The van der Waals surface area contributed by atoms with Gasteiger partial charge in [0.05, 0.1) is 10.8 Å². The van der Waals surface area contributed by atoms with Crippen LogP contribution in [0.3, 0.4) is 0 Å². The molecule has 1 fully saturated rings. The molecule has 0 aliphatic carbocycles. The van der Waals surface area contributed by atoms with Crippen molar-refractivity contribution in [1.82, 2.24) is 20.4 Å². The third kappa shape index (κ3) is 2.42. The minimum absolute atomic E-state index is 0.190. The highest BCUT2D eigenvalue weighted by atomic mass is 16.5. The second-order valence-electron chi connectivity index (χ2n) is 6.54. The summed E-state index contributed by atoms with van der Waals surface area (Å²) in [5, 5.41) is 11.7. The van der Waals surface area contributed by atoms with Gasteiger partial charge in [-0.2, -0.15) is 5.10 Å². The zero-order valence-electron chi connectivity index (χ0n) is 13.7. The van der Waals surface area contributed by atoms with Crippen LogP contribution in [0.15, 0.2) is 41.2 Å². The van der Waals surface area contributed by atoms with E-state index >= 15 is 0 Å². The van der Waals surface area contributed by atoms with E-state index in [4.69, 9.17) is 4.74 Å². The van der Waals surface area contributed by atoms with Crippen molar-refractivity contribution in [3.05, 3.63) is 52.3 Å². The second kappa shape index (κ2) is 5.68. The SMILES string of the molecule is O=c1[nH]nc2c3c(cccc13)Oc1ccc(CN3CCNCC3)cc1-2. The van der Waals surface area contributed by atoms with Gasteiger partial charge in [-0.3, -0.25) is 9.69 Å². The third-order valence-corrected chi connectivity index (χ3v) is 4.91. The fourth-order valence-corrected chi connectivity index (χ4v) is 3.66. The van der Waals surface area contributed by atoms with Crippen molar-refractivity contribution in [2.75, 3.05) is 26.2 Å². The predicted molar refractivity (Wildman–Crippen MR) is 96.0 cm³/mol. The van der Waals surface area contributed by atoms with Gasteiger partial charge in [-0.25, -0.2) is 5.10 Å². The van der Waals surface area contributed by atoms with E-state index in [2.05, 4.69) is 32.5 Å². The number of H-pyrrole nitrogens is 1. The fourth-order valence-electron chi connectivity index (χ4n) is 3.66. The van der Waals surface area contributed by atoms with Crippen LogP contribution < -0.4 is 15.6 Å². The molecule has 3 heterocycles. The van der Waals surface area contributed by atoms with Gasteiger partial charge in [0.2, 0.25) is 0 Å². The van der Waals surface area contributed by atoms with Crippen LogP contribution in [0.5, 0.6) is 11.5 Å². The van der Waals surface area contributed by atoms with Crippen molar-refractivity contribution in [2.24, 2.45) is 0 Å². The lowest BCUT2D eigenvalue weighted by Gasteiger charge is -2.27. The van der Waals surface area contributed by atoms with Crippen LogP contribution in [0.1, 0.15) is 5.56 Å². The maximum absolute atomic E-state index is 12.1. The summed E-state index contributed by atoms with van der Waals surface area (Å²) in [5.41, 5.74) is 2.76. The summed E-state index contributed by atoms with van der Waals surface area (Å²) in [7, 11) is 0. The molecule has 1 aromatic heterocycles. The van der Waals surface area contributed by atoms with Gasteiger partial charge in [0.1, 0.15) is 17.2 Å². The van der Waals surface area contributed by atoms with Crippen molar-refractivity contribution in [1.29, 1.82) is 0 Å². The standard InChI is InChI=1S/C19H18N4O2/c24-19-13-2-1-3-16-17(13)18(21-22-19)14-10-12(4-5-15(14)25-16)11-23-8-6-20-7-9-23/h1-5,10,20H,6-9,11H2,(H,22,24). The van der Waals surface area contributed by atoms with Crippen LogP contribution in [0.4, 0.5) is 0 Å². The van der Waals surface area contributed by atoms with Crippen LogP contribution in [0, 0.1) is 0 Å². The van der Waals surface area contributed by atoms with Gasteiger partial charge >= 0.3 is 0 Å². The molecular weight excluding hydrogens is 316 g/mol. The van der Waals surface area contributed by atoms with E-state index < -0.39 is 0 Å². The Morgan fingerprint density at radius 3 is 2.88 bits per heavy atom. The molecule has 6 heteroatoms. The first-order chi connectivity index (χ1) is 12.3. The van der Waals surface area contributed by atoms with Gasteiger partial charge in [0, 0.05) is 38.3 Å². The number of aromatic nitrogens is 2. The smallest absolute Gasteiger partial charge is 0.272 e. The number of hydrogen-bond donors (Lipinski definition) is 2. The average Bonchev–Trinajstić information content (AvgIpc) is 2.65. The summed E-state index contributed by atoms with van der Waals surface area (Å²) in [5.74, 6) is 1.47. The van der Waals surface area contributed by atoms with Gasteiger partial charge in [-0.15, -0.1) is 0 Å².